The predicted octanol–water partition coefficient (Wildman–Crippen LogP) is 2.90. The molecular formula is C18H21NO3. The number of carbonyl (C=O) groups excluding carboxylic acids is 2. The average molecular weight is 299 g/mol. The third kappa shape index (κ3) is 5.45. The van der Waals surface area contributed by atoms with E-state index in [9.17, 15) is 9.59 Å². The molecule has 0 aliphatic carbocycles. The summed E-state index contributed by atoms with van der Waals surface area (Å²) in [5.41, 5.74) is 1.57. The minimum atomic E-state index is -0.458. The molecule has 0 spiro atoms. The molecular weight excluding hydrogens is 278 g/mol. The summed E-state index contributed by atoms with van der Waals surface area (Å²) in [7, 11) is 0. The van der Waals surface area contributed by atoms with E-state index in [2.05, 4.69) is 17.2 Å². The molecule has 1 aromatic rings. The fourth-order valence-electron chi connectivity index (χ4n) is 1.86. The van der Waals surface area contributed by atoms with E-state index in [0.717, 1.165) is 5.56 Å². The lowest BCUT2D eigenvalue weighted by atomic mass is 10.0. The minimum absolute atomic E-state index is 0.233. The Morgan fingerprint density at radius 3 is 2.36 bits per heavy atom. The monoisotopic (exact) mass is 299 g/mol. The van der Waals surface area contributed by atoms with Gasteiger partial charge in [0.1, 0.15) is 0 Å². The lowest BCUT2D eigenvalue weighted by molar-refractivity contribution is -0.138. The highest BCUT2D eigenvalue weighted by atomic mass is 16.5. The highest BCUT2D eigenvalue weighted by Crippen LogP contribution is 2.19. The highest BCUT2D eigenvalue weighted by molar-refractivity contribution is 6.00. The summed E-state index contributed by atoms with van der Waals surface area (Å²) in [4.78, 5) is 23.7. The van der Waals surface area contributed by atoms with Crippen LogP contribution in [-0.4, -0.2) is 18.5 Å². The summed E-state index contributed by atoms with van der Waals surface area (Å²) < 4.78 is 5.10. The Hall–Kier alpha value is -2.54. The molecule has 0 unspecified atom stereocenters. The molecule has 0 bridgehead atoms. The number of nitrogens with one attached hydrogen (secondary N) is 1. The maximum atomic E-state index is 12.2. The standard InChI is InChI=1S/C18H21NO3/c1-4-6-8-13-16(18(21)22-5-2)17(19-14(3)20)15-11-9-7-10-12-15/h7,9-12H,4-5,13H2,1-3H3,(H,19,20)/b17-16+. The van der Waals surface area contributed by atoms with Crippen molar-refractivity contribution in [3.63, 3.8) is 0 Å². The molecule has 1 amide bonds. The fraction of sp³-hybridized carbons (Fsp3) is 0.333. The summed E-state index contributed by atoms with van der Waals surface area (Å²) in [6, 6.07) is 9.22. The Morgan fingerprint density at radius 2 is 1.82 bits per heavy atom. The summed E-state index contributed by atoms with van der Waals surface area (Å²) in [5.74, 6) is 5.16. The third-order valence-corrected chi connectivity index (χ3v) is 2.75. The number of rotatable bonds is 5. The first kappa shape index (κ1) is 17.5. The van der Waals surface area contributed by atoms with Crippen LogP contribution >= 0.6 is 0 Å². The zero-order chi connectivity index (χ0) is 16.4. The van der Waals surface area contributed by atoms with E-state index in [1.165, 1.54) is 6.92 Å². The average Bonchev–Trinajstić information content (AvgIpc) is 2.50. The molecule has 0 fully saturated rings. The van der Waals surface area contributed by atoms with Gasteiger partial charge in [-0.2, -0.15) is 0 Å². The lowest BCUT2D eigenvalue weighted by Crippen LogP contribution is -2.23. The predicted molar refractivity (Wildman–Crippen MR) is 86.5 cm³/mol. The number of benzene rings is 1. The first-order valence-electron chi connectivity index (χ1n) is 7.29. The van der Waals surface area contributed by atoms with E-state index >= 15 is 0 Å². The van der Waals surface area contributed by atoms with Crippen molar-refractivity contribution in [2.45, 2.75) is 33.6 Å². The van der Waals surface area contributed by atoms with Gasteiger partial charge in [0.15, 0.2) is 0 Å². The van der Waals surface area contributed by atoms with Crippen LogP contribution in [0.2, 0.25) is 0 Å². The molecule has 0 atom stereocenters. The van der Waals surface area contributed by atoms with Gasteiger partial charge in [0.05, 0.1) is 17.9 Å². The minimum Gasteiger partial charge on any atom is -0.463 e. The molecule has 0 saturated carbocycles. The van der Waals surface area contributed by atoms with Crippen molar-refractivity contribution < 1.29 is 14.3 Å². The molecule has 1 aromatic carbocycles. The number of hydrogen-bond donors (Lipinski definition) is 1. The smallest absolute Gasteiger partial charge is 0.337 e. The van der Waals surface area contributed by atoms with Crippen molar-refractivity contribution in [2.24, 2.45) is 0 Å². The molecule has 22 heavy (non-hydrogen) atoms. The largest absolute Gasteiger partial charge is 0.463 e. The topological polar surface area (TPSA) is 55.4 Å². The second-order valence-electron chi connectivity index (χ2n) is 4.51. The van der Waals surface area contributed by atoms with Crippen LogP contribution in [0.4, 0.5) is 0 Å². The second-order valence-corrected chi connectivity index (χ2v) is 4.51. The van der Waals surface area contributed by atoms with Crippen LogP contribution in [0, 0.1) is 11.8 Å². The van der Waals surface area contributed by atoms with Gasteiger partial charge in [-0.05, 0) is 12.5 Å². The van der Waals surface area contributed by atoms with Gasteiger partial charge in [0.25, 0.3) is 0 Å². The Kier molecular flexibility index (Phi) is 7.49. The van der Waals surface area contributed by atoms with E-state index in [1.54, 1.807) is 6.92 Å². The van der Waals surface area contributed by atoms with Crippen molar-refractivity contribution in [2.75, 3.05) is 6.61 Å². The first-order valence-corrected chi connectivity index (χ1v) is 7.29. The Balaban J connectivity index is 3.35. The molecule has 0 aliphatic heterocycles. The van der Waals surface area contributed by atoms with Gasteiger partial charge in [-0.1, -0.05) is 43.2 Å². The molecule has 1 N–H and O–H groups in total. The van der Waals surface area contributed by atoms with Gasteiger partial charge in [-0.15, -0.1) is 5.92 Å². The summed E-state index contributed by atoms with van der Waals surface area (Å²) in [6.07, 6.45) is 0.939. The molecule has 0 radical (unpaired) electrons. The molecule has 116 valence electrons. The Labute approximate surface area is 131 Å². The van der Waals surface area contributed by atoms with Gasteiger partial charge in [-0.25, -0.2) is 4.79 Å². The number of hydrogen-bond acceptors (Lipinski definition) is 3. The van der Waals surface area contributed by atoms with Crippen molar-refractivity contribution in [3.05, 3.63) is 41.5 Å². The molecule has 0 aromatic heterocycles. The van der Waals surface area contributed by atoms with Crippen molar-refractivity contribution in [1.29, 1.82) is 0 Å². The van der Waals surface area contributed by atoms with Gasteiger partial charge >= 0.3 is 5.97 Å². The summed E-state index contributed by atoms with van der Waals surface area (Å²) in [6.45, 7) is 5.36. The molecule has 4 nitrogen and oxygen atoms in total. The van der Waals surface area contributed by atoms with Crippen LogP contribution in [0.15, 0.2) is 35.9 Å². The third-order valence-electron chi connectivity index (χ3n) is 2.75. The van der Waals surface area contributed by atoms with E-state index in [0.29, 0.717) is 17.7 Å². The number of amides is 1. The molecule has 1 rings (SSSR count). The number of carbonyl (C=O) groups is 2. The van der Waals surface area contributed by atoms with E-state index in [4.69, 9.17) is 4.74 Å². The van der Waals surface area contributed by atoms with Crippen LogP contribution in [0.3, 0.4) is 0 Å². The molecule has 4 heteroatoms. The SMILES string of the molecule is CCC#CC/C(C(=O)OCC)=C(\NC(C)=O)c1ccccc1. The fourth-order valence-corrected chi connectivity index (χ4v) is 1.86. The van der Waals surface area contributed by atoms with Gasteiger partial charge in [0.2, 0.25) is 5.91 Å². The Morgan fingerprint density at radius 1 is 1.14 bits per heavy atom. The zero-order valence-corrected chi connectivity index (χ0v) is 13.2. The van der Waals surface area contributed by atoms with Crippen LogP contribution in [0.5, 0.6) is 0 Å². The zero-order valence-electron chi connectivity index (χ0n) is 13.2. The maximum Gasteiger partial charge on any atom is 0.337 e. The lowest BCUT2D eigenvalue weighted by Gasteiger charge is -2.14. The number of esters is 1. The second kappa shape index (κ2) is 9.41. The van der Waals surface area contributed by atoms with Crippen molar-refractivity contribution >= 4 is 17.6 Å². The summed E-state index contributed by atoms with van der Waals surface area (Å²) in [5, 5.41) is 2.73. The van der Waals surface area contributed by atoms with E-state index < -0.39 is 5.97 Å². The summed E-state index contributed by atoms with van der Waals surface area (Å²) >= 11 is 0. The van der Waals surface area contributed by atoms with Crippen LogP contribution in [0.25, 0.3) is 5.70 Å². The molecule has 0 saturated heterocycles. The van der Waals surface area contributed by atoms with Crippen LogP contribution in [-0.2, 0) is 14.3 Å². The molecule has 0 heterocycles. The first-order chi connectivity index (χ1) is 10.6. The Bertz CT molecular complexity index is 606. The molecule has 0 aliphatic rings. The normalized spacial score (nSPS) is 10.9. The quantitative estimate of drug-likeness (QED) is 0.517. The van der Waals surface area contributed by atoms with Crippen molar-refractivity contribution in [3.8, 4) is 11.8 Å². The highest BCUT2D eigenvalue weighted by Gasteiger charge is 2.18. The van der Waals surface area contributed by atoms with Crippen LogP contribution in [0.1, 0.15) is 39.2 Å². The van der Waals surface area contributed by atoms with Crippen LogP contribution < -0.4 is 5.32 Å². The number of ether oxygens (including phenoxy) is 1. The van der Waals surface area contributed by atoms with Crippen molar-refractivity contribution in [1.82, 2.24) is 5.32 Å². The van der Waals surface area contributed by atoms with E-state index in [-0.39, 0.29) is 18.9 Å². The van der Waals surface area contributed by atoms with Gasteiger partial charge in [-0.3, -0.25) is 4.79 Å². The maximum absolute atomic E-state index is 12.2. The van der Waals surface area contributed by atoms with Gasteiger partial charge in [0, 0.05) is 19.8 Å². The van der Waals surface area contributed by atoms with E-state index in [1.807, 2.05) is 37.3 Å². The van der Waals surface area contributed by atoms with Gasteiger partial charge < -0.3 is 10.1 Å².